The quantitative estimate of drug-likeness (QED) is 0.590. The number of esters is 1. The first kappa shape index (κ1) is 16.9. The molecule has 2 nitrogen and oxygen atoms in total. The van der Waals surface area contributed by atoms with Crippen molar-refractivity contribution in [3.05, 3.63) is 0 Å². The normalized spacial score (nSPS) is 28.1. The van der Waals surface area contributed by atoms with Gasteiger partial charge in [-0.1, -0.05) is 0 Å². The molecule has 0 heterocycles. The summed E-state index contributed by atoms with van der Waals surface area (Å²) in [5.74, 6) is -27.4. The van der Waals surface area contributed by atoms with Crippen molar-refractivity contribution >= 4 is 5.97 Å². The van der Waals surface area contributed by atoms with E-state index in [9.17, 15) is 44.3 Å². The van der Waals surface area contributed by atoms with E-state index in [-0.39, 0.29) is 0 Å². The zero-order chi connectivity index (χ0) is 16.2. The predicted octanol–water partition coefficient (Wildman–Crippen LogP) is 3.20. The van der Waals surface area contributed by atoms with Crippen LogP contribution in [0.3, 0.4) is 0 Å². The Morgan fingerprint density at radius 1 is 0.800 bits per heavy atom. The van der Waals surface area contributed by atoms with Gasteiger partial charge < -0.3 is 4.74 Å². The minimum Gasteiger partial charge on any atom is -0.469 e. The summed E-state index contributed by atoms with van der Waals surface area (Å²) in [6.07, 6.45) is -3.74. The molecule has 1 aliphatic carbocycles. The van der Waals surface area contributed by atoms with Gasteiger partial charge in [-0.15, -0.1) is 0 Å². The van der Waals surface area contributed by atoms with Crippen molar-refractivity contribution in [1.29, 1.82) is 0 Å². The number of ether oxygens (including phenoxy) is 1. The molecule has 11 heteroatoms. The van der Waals surface area contributed by atoms with Gasteiger partial charge in [0.2, 0.25) is 5.67 Å². The predicted molar refractivity (Wildman–Crippen MR) is 44.9 cm³/mol. The Balaban J connectivity index is 3.33. The highest BCUT2D eigenvalue weighted by molar-refractivity contribution is 5.69. The van der Waals surface area contributed by atoms with Crippen molar-refractivity contribution in [1.82, 2.24) is 0 Å². The lowest BCUT2D eigenvalue weighted by Gasteiger charge is -2.30. The number of hydrogen-bond donors (Lipinski definition) is 0. The van der Waals surface area contributed by atoms with Gasteiger partial charge in [0.1, 0.15) is 0 Å². The van der Waals surface area contributed by atoms with Crippen molar-refractivity contribution in [2.75, 3.05) is 7.11 Å². The summed E-state index contributed by atoms with van der Waals surface area (Å²) in [6, 6.07) is 0. The molecular weight excluding hydrogens is 311 g/mol. The fourth-order valence-corrected chi connectivity index (χ4v) is 1.78. The zero-order valence-electron chi connectivity index (χ0n) is 9.63. The molecule has 0 unspecified atom stereocenters. The van der Waals surface area contributed by atoms with Gasteiger partial charge in [0.25, 0.3) is 0 Å². The summed E-state index contributed by atoms with van der Waals surface area (Å²) < 4.78 is 121. The number of methoxy groups -OCH3 is 1. The van der Waals surface area contributed by atoms with Gasteiger partial charge >= 0.3 is 29.7 Å². The number of alkyl halides is 9. The average molecular weight is 318 g/mol. The summed E-state index contributed by atoms with van der Waals surface area (Å²) in [7, 11) is 0.682. The molecule has 1 saturated carbocycles. The van der Waals surface area contributed by atoms with Crippen LogP contribution in [0.4, 0.5) is 39.5 Å². The second-order valence-corrected chi connectivity index (χ2v) is 4.17. The third kappa shape index (κ3) is 1.57. The number of hydrogen-bond acceptors (Lipinski definition) is 2. The molecule has 1 aliphatic rings. The van der Waals surface area contributed by atoms with Crippen LogP contribution in [0.2, 0.25) is 0 Å². The Morgan fingerprint density at radius 3 is 1.45 bits per heavy atom. The number of halogens is 9. The fourth-order valence-electron chi connectivity index (χ4n) is 1.78. The van der Waals surface area contributed by atoms with Gasteiger partial charge in [0.15, 0.2) is 0 Å². The molecule has 0 amide bonds. The van der Waals surface area contributed by atoms with Crippen LogP contribution in [0.1, 0.15) is 12.8 Å². The maximum atomic E-state index is 13.7. The van der Waals surface area contributed by atoms with E-state index in [1.807, 2.05) is 0 Å². The second kappa shape index (κ2) is 4.17. The highest BCUT2D eigenvalue weighted by atomic mass is 19.4. The van der Waals surface area contributed by atoms with Gasteiger partial charge in [-0.05, 0) is 0 Å². The van der Waals surface area contributed by atoms with Crippen molar-refractivity contribution in [3.63, 3.8) is 0 Å². The zero-order valence-corrected chi connectivity index (χ0v) is 9.63. The van der Waals surface area contributed by atoms with Gasteiger partial charge in [0, 0.05) is 12.8 Å². The number of carbonyl (C=O) groups excluding carboxylic acids is 1. The lowest BCUT2D eigenvalue weighted by atomic mass is 9.91. The van der Waals surface area contributed by atoms with Gasteiger partial charge in [-0.25, -0.2) is 4.39 Å². The molecule has 0 aromatic rings. The van der Waals surface area contributed by atoms with Gasteiger partial charge in [-0.3, -0.25) is 4.79 Å². The minimum atomic E-state index is -6.60. The molecule has 0 saturated heterocycles. The molecule has 0 atom stereocenters. The van der Waals surface area contributed by atoms with Crippen molar-refractivity contribution in [3.8, 4) is 0 Å². The molecule has 1 fully saturated rings. The first-order chi connectivity index (χ1) is 8.70. The van der Waals surface area contributed by atoms with Crippen molar-refractivity contribution in [2.24, 2.45) is 0 Å². The Kier molecular flexibility index (Phi) is 3.52. The lowest BCUT2D eigenvalue weighted by molar-refractivity contribution is -0.303. The maximum Gasteiger partial charge on any atom is 0.381 e. The van der Waals surface area contributed by atoms with E-state index in [0.29, 0.717) is 7.11 Å². The molecule has 0 aliphatic heterocycles. The summed E-state index contributed by atoms with van der Waals surface area (Å²) in [5, 5.41) is 0. The smallest absolute Gasteiger partial charge is 0.381 e. The third-order valence-electron chi connectivity index (χ3n) is 3.08. The van der Waals surface area contributed by atoms with E-state index >= 15 is 0 Å². The van der Waals surface area contributed by atoms with Crippen LogP contribution in [-0.4, -0.2) is 42.4 Å². The van der Waals surface area contributed by atoms with Gasteiger partial charge in [0.05, 0.1) is 7.11 Å². The maximum absolute atomic E-state index is 13.7. The number of rotatable bonds is 3. The molecule has 0 N–H and O–H groups in total. The molecule has 0 bridgehead atoms. The van der Waals surface area contributed by atoms with Crippen molar-refractivity contribution < 1.29 is 49.0 Å². The highest BCUT2D eigenvalue weighted by Crippen LogP contribution is 2.70. The topological polar surface area (TPSA) is 26.3 Å². The first-order valence-corrected chi connectivity index (χ1v) is 4.97. The summed E-state index contributed by atoms with van der Waals surface area (Å²) in [4.78, 5) is 10.6. The van der Waals surface area contributed by atoms with Crippen molar-refractivity contribution in [2.45, 2.75) is 42.2 Å². The Bertz CT molecular complexity index is 392. The molecular formula is C9H7F9O2. The van der Waals surface area contributed by atoms with Crippen LogP contribution < -0.4 is 0 Å². The van der Waals surface area contributed by atoms with Gasteiger partial charge in [-0.2, -0.15) is 35.1 Å². The number of carbonyl (C=O) groups is 1. The van der Waals surface area contributed by atoms with E-state index in [1.54, 1.807) is 0 Å². The summed E-state index contributed by atoms with van der Waals surface area (Å²) in [5.41, 5.74) is -5.58. The largest absolute Gasteiger partial charge is 0.469 e. The van der Waals surface area contributed by atoms with E-state index in [0.717, 1.165) is 0 Å². The SMILES string of the molecule is COC(=O)CCC1(F)C(F)(F)C(F)(F)C(F)(F)C1(F)F. The van der Waals surface area contributed by atoms with E-state index in [4.69, 9.17) is 0 Å². The third-order valence-corrected chi connectivity index (χ3v) is 3.08. The molecule has 20 heavy (non-hydrogen) atoms. The fraction of sp³-hybridized carbons (Fsp3) is 0.889. The molecule has 0 spiro atoms. The molecule has 0 aromatic heterocycles. The molecule has 1 rings (SSSR count). The second-order valence-electron chi connectivity index (χ2n) is 4.17. The Labute approximate surface area is 105 Å². The summed E-state index contributed by atoms with van der Waals surface area (Å²) in [6.45, 7) is 0. The van der Waals surface area contributed by atoms with E-state index in [2.05, 4.69) is 4.74 Å². The van der Waals surface area contributed by atoms with Crippen LogP contribution in [0.15, 0.2) is 0 Å². The lowest BCUT2D eigenvalue weighted by Crippen LogP contribution is -2.54. The summed E-state index contributed by atoms with van der Waals surface area (Å²) >= 11 is 0. The molecule has 0 radical (unpaired) electrons. The average Bonchev–Trinajstić information content (AvgIpc) is 2.37. The van der Waals surface area contributed by atoms with Crippen LogP contribution in [0, 0.1) is 0 Å². The van der Waals surface area contributed by atoms with E-state index in [1.165, 1.54) is 0 Å². The van der Waals surface area contributed by atoms with Crippen LogP contribution in [-0.2, 0) is 9.53 Å². The van der Waals surface area contributed by atoms with Crippen LogP contribution in [0.25, 0.3) is 0 Å². The first-order valence-electron chi connectivity index (χ1n) is 4.97. The molecule has 118 valence electrons. The Hall–Kier alpha value is -1.16. The monoisotopic (exact) mass is 318 g/mol. The standard InChI is InChI=1S/C9H7F9O2/c1-20-4(19)2-3-5(10)6(11,12)8(15,16)9(17,18)7(5,13)14/h2-3H2,1H3. The minimum absolute atomic E-state index is 0.682. The van der Waals surface area contributed by atoms with Crippen LogP contribution in [0.5, 0.6) is 0 Å². The highest BCUT2D eigenvalue weighted by Gasteiger charge is 3.00. The van der Waals surface area contributed by atoms with E-state index < -0.39 is 48.2 Å². The Morgan fingerprint density at radius 2 is 1.15 bits per heavy atom. The van der Waals surface area contributed by atoms with Crippen LogP contribution >= 0.6 is 0 Å². The molecule has 0 aromatic carbocycles.